The molecule has 32 heavy (non-hydrogen) atoms. The molecule has 8 nitrogen and oxygen atoms in total. The molecule has 0 fully saturated rings. The van der Waals surface area contributed by atoms with E-state index in [1.165, 1.54) is 23.0 Å². The summed E-state index contributed by atoms with van der Waals surface area (Å²) in [6.07, 6.45) is 1.63. The standard InChI is InChI=1S/C21H24ClN5O3S2/c1-5-10-27-19(29)17-18(24-20(32-17)26(6-2)7-3)25-21(27)31-12-16(28)23-14-11-13(22)8-9-15(14)30-4/h5,8-9,11H,1,6-7,10,12H2,2-4H3,(H,23,28). The van der Waals surface area contributed by atoms with Gasteiger partial charge in [-0.1, -0.05) is 40.8 Å². The summed E-state index contributed by atoms with van der Waals surface area (Å²) in [5, 5.41) is 4.43. The highest BCUT2D eigenvalue weighted by Crippen LogP contribution is 2.29. The van der Waals surface area contributed by atoms with Gasteiger partial charge in [0.05, 0.1) is 18.6 Å². The fourth-order valence-corrected chi connectivity index (χ4v) is 5.05. The molecule has 2 aromatic heterocycles. The van der Waals surface area contributed by atoms with Crippen LogP contribution in [0.2, 0.25) is 5.02 Å². The lowest BCUT2D eigenvalue weighted by Crippen LogP contribution is -2.23. The van der Waals surface area contributed by atoms with E-state index in [1.807, 2.05) is 13.8 Å². The van der Waals surface area contributed by atoms with Crippen molar-refractivity contribution in [3.05, 3.63) is 46.2 Å². The van der Waals surface area contributed by atoms with Gasteiger partial charge in [-0.15, -0.1) is 6.58 Å². The van der Waals surface area contributed by atoms with Crippen LogP contribution in [0, 0.1) is 0 Å². The molecule has 0 aliphatic carbocycles. The van der Waals surface area contributed by atoms with Gasteiger partial charge < -0.3 is 15.0 Å². The number of halogens is 1. The molecule has 0 aliphatic heterocycles. The van der Waals surface area contributed by atoms with E-state index in [2.05, 4.69) is 26.8 Å². The second kappa shape index (κ2) is 10.8. The van der Waals surface area contributed by atoms with Crippen molar-refractivity contribution in [2.24, 2.45) is 0 Å². The lowest BCUT2D eigenvalue weighted by atomic mass is 10.3. The van der Waals surface area contributed by atoms with Crippen molar-refractivity contribution in [3.8, 4) is 5.75 Å². The summed E-state index contributed by atoms with van der Waals surface area (Å²) in [5.41, 5.74) is 0.674. The highest BCUT2D eigenvalue weighted by atomic mass is 35.5. The zero-order valence-electron chi connectivity index (χ0n) is 18.1. The Morgan fingerprint density at radius 2 is 2.12 bits per heavy atom. The number of ether oxygens (including phenoxy) is 1. The molecule has 11 heteroatoms. The Bertz CT molecular complexity index is 1190. The molecule has 0 atom stereocenters. The number of nitrogens with one attached hydrogen (secondary N) is 1. The normalized spacial score (nSPS) is 10.9. The van der Waals surface area contributed by atoms with Crippen molar-refractivity contribution < 1.29 is 9.53 Å². The van der Waals surface area contributed by atoms with Crippen LogP contribution in [0.15, 0.2) is 40.8 Å². The second-order valence-corrected chi connectivity index (χ2v) is 8.96. The van der Waals surface area contributed by atoms with Gasteiger partial charge in [0.1, 0.15) is 10.4 Å². The number of hydrogen-bond donors (Lipinski definition) is 1. The number of methoxy groups -OCH3 is 1. The highest BCUT2D eigenvalue weighted by Gasteiger charge is 2.18. The van der Waals surface area contributed by atoms with Crippen LogP contribution >= 0.6 is 34.7 Å². The Labute approximate surface area is 199 Å². The minimum absolute atomic E-state index is 0.0395. The lowest BCUT2D eigenvalue weighted by Gasteiger charge is -2.15. The molecular formula is C21H24ClN5O3S2. The van der Waals surface area contributed by atoms with Crippen molar-refractivity contribution in [1.82, 2.24) is 14.5 Å². The Kier molecular flexibility index (Phi) is 8.16. The van der Waals surface area contributed by atoms with Gasteiger partial charge in [-0.05, 0) is 32.0 Å². The number of amides is 1. The molecule has 0 unspecified atom stereocenters. The molecule has 170 valence electrons. The Morgan fingerprint density at radius 3 is 2.78 bits per heavy atom. The van der Waals surface area contributed by atoms with Crippen LogP contribution in [0.4, 0.5) is 10.8 Å². The monoisotopic (exact) mass is 493 g/mol. The first-order valence-electron chi connectivity index (χ1n) is 9.95. The van der Waals surface area contributed by atoms with E-state index in [4.69, 9.17) is 16.3 Å². The van der Waals surface area contributed by atoms with Gasteiger partial charge in [0.2, 0.25) is 5.91 Å². The van der Waals surface area contributed by atoms with Gasteiger partial charge in [-0.25, -0.2) is 4.98 Å². The fraction of sp³-hybridized carbons (Fsp3) is 0.333. The molecule has 0 radical (unpaired) electrons. The summed E-state index contributed by atoms with van der Waals surface area (Å²) in [6.45, 7) is 9.66. The van der Waals surface area contributed by atoms with Crippen LogP contribution < -0.4 is 20.5 Å². The number of thiazole rings is 1. The maximum atomic E-state index is 13.1. The first kappa shape index (κ1) is 24.1. The molecule has 0 bridgehead atoms. The molecule has 0 aliphatic rings. The van der Waals surface area contributed by atoms with Gasteiger partial charge in [-0.3, -0.25) is 14.2 Å². The van der Waals surface area contributed by atoms with E-state index < -0.39 is 0 Å². The molecule has 0 saturated heterocycles. The van der Waals surface area contributed by atoms with Crippen molar-refractivity contribution in [1.29, 1.82) is 0 Å². The maximum Gasteiger partial charge on any atom is 0.274 e. The summed E-state index contributed by atoms with van der Waals surface area (Å²) in [6, 6.07) is 4.97. The predicted octanol–water partition coefficient (Wildman–Crippen LogP) is 4.28. The molecule has 1 N–H and O–H groups in total. The van der Waals surface area contributed by atoms with Gasteiger partial charge in [-0.2, -0.15) is 4.98 Å². The number of anilines is 2. The molecule has 2 heterocycles. The van der Waals surface area contributed by atoms with E-state index in [1.54, 1.807) is 24.3 Å². The summed E-state index contributed by atoms with van der Waals surface area (Å²) in [5.74, 6) is 0.261. The molecular weight excluding hydrogens is 470 g/mol. The Hall–Kier alpha value is -2.56. The Morgan fingerprint density at radius 1 is 1.38 bits per heavy atom. The van der Waals surface area contributed by atoms with Gasteiger partial charge in [0, 0.05) is 24.7 Å². The SMILES string of the molecule is C=CCn1c(SCC(=O)Nc2cc(Cl)ccc2OC)nc2nc(N(CC)CC)sc2c1=O. The van der Waals surface area contributed by atoms with Crippen LogP contribution in [-0.4, -0.2) is 46.4 Å². The summed E-state index contributed by atoms with van der Waals surface area (Å²) in [7, 11) is 1.51. The zero-order valence-corrected chi connectivity index (χ0v) is 20.4. The van der Waals surface area contributed by atoms with E-state index in [9.17, 15) is 9.59 Å². The maximum absolute atomic E-state index is 13.1. The van der Waals surface area contributed by atoms with Crippen molar-refractivity contribution in [2.75, 3.05) is 36.2 Å². The zero-order chi connectivity index (χ0) is 23.3. The van der Waals surface area contributed by atoms with Crippen LogP contribution in [-0.2, 0) is 11.3 Å². The third-order valence-electron chi connectivity index (χ3n) is 4.58. The molecule has 0 saturated carbocycles. The van der Waals surface area contributed by atoms with Gasteiger partial charge in [0.25, 0.3) is 5.56 Å². The fourth-order valence-electron chi connectivity index (χ4n) is 3.00. The van der Waals surface area contributed by atoms with Gasteiger partial charge >= 0.3 is 0 Å². The number of nitrogens with zero attached hydrogens (tertiary/aromatic N) is 4. The number of hydrogen-bond acceptors (Lipinski definition) is 8. The summed E-state index contributed by atoms with van der Waals surface area (Å²) < 4.78 is 7.26. The average Bonchev–Trinajstić information content (AvgIpc) is 3.20. The van der Waals surface area contributed by atoms with E-state index in [0.29, 0.717) is 32.0 Å². The minimum atomic E-state index is -0.280. The van der Waals surface area contributed by atoms with Crippen LogP contribution in [0.1, 0.15) is 13.8 Å². The third kappa shape index (κ3) is 5.25. The average molecular weight is 494 g/mol. The van der Waals surface area contributed by atoms with E-state index in [0.717, 1.165) is 30.0 Å². The molecule has 3 rings (SSSR count). The number of thioether (sulfide) groups is 1. The Balaban J connectivity index is 1.86. The third-order valence-corrected chi connectivity index (χ3v) is 6.89. The predicted molar refractivity (Wildman–Crippen MR) is 133 cm³/mol. The topological polar surface area (TPSA) is 89.3 Å². The second-order valence-electron chi connectivity index (χ2n) is 6.60. The highest BCUT2D eigenvalue weighted by molar-refractivity contribution is 7.99. The van der Waals surface area contributed by atoms with E-state index >= 15 is 0 Å². The summed E-state index contributed by atoms with van der Waals surface area (Å²) >= 11 is 8.52. The molecule has 3 aromatic rings. The smallest absolute Gasteiger partial charge is 0.274 e. The first-order chi connectivity index (χ1) is 15.4. The molecule has 1 amide bonds. The molecule has 0 spiro atoms. The summed E-state index contributed by atoms with van der Waals surface area (Å²) in [4.78, 5) is 36.9. The number of rotatable bonds is 10. The van der Waals surface area contributed by atoms with Crippen molar-refractivity contribution >= 4 is 61.8 Å². The number of carbonyl (C=O) groups is 1. The largest absolute Gasteiger partial charge is 0.495 e. The van der Waals surface area contributed by atoms with Gasteiger partial charge in [0.15, 0.2) is 15.9 Å². The van der Waals surface area contributed by atoms with E-state index in [-0.39, 0.29) is 23.8 Å². The number of aromatic nitrogens is 3. The number of allylic oxidation sites excluding steroid dienone is 1. The first-order valence-corrected chi connectivity index (χ1v) is 12.1. The lowest BCUT2D eigenvalue weighted by molar-refractivity contribution is -0.113. The van der Waals surface area contributed by atoms with Crippen LogP contribution in [0.3, 0.4) is 0 Å². The van der Waals surface area contributed by atoms with Crippen molar-refractivity contribution in [2.45, 2.75) is 25.5 Å². The quantitative estimate of drug-likeness (QED) is 0.256. The van der Waals surface area contributed by atoms with Crippen LogP contribution in [0.25, 0.3) is 10.3 Å². The van der Waals surface area contributed by atoms with Crippen LogP contribution in [0.5, 0.6) is 5.75 Å². The number of carbonyl (C=O) groups excluding carboxylic acids is 1. The number of fused-ring (bicyclic) bond motifs is 1. The molecule has 1 aromatic carbocycles. The number of benzene rings is 1. The van der Waals surface area contributed by atoms with Crippen molar-refractivity contribution in [3.63, 3.8) is 0 Å². The minimum Gasteiger partial charge on any atom is -0.495 e.